The summed E-state index contributed by atoms with van der Waals surface area (Å²) < 4.78 is 0. The second kappa shape index (κ2) is 3.56. The first kappa shape index (κ1) is 8.23. The van der Waals surface area contributed by atoms with E-state index in [0.717, 1.165) is 19.6 Å². The molecule has 0 aliphatic carbocycles. The van der Waals surface area contributed by atoms with Crippen LogP contribution in [0.1, 0.15) is 16.0 Å². The molecule has 0 bridgehead atoms. The molecule has 66 valence electrons. The van der Waals surface area contributed by atoms with E-state index in [1.807, 2.05) is 18.4 Å². The van der Waals surface area contributed by atoms with E-state index in [9.17, 15) is 0 Å². The van der Waals surface area contributed by atoms with Crippen LogP contribution in [0.15, 0.2) is 5.38 Å². The molecule has 1 aromatic rings. The van der Waals surface area contributed by atoms with Gasteiger partial charge in [-0.3, -0.25) is 0 Å². The largest absolute Gasteiger partial charge is 0.316 e. The number of rotatable bonds is 2. The summed E-state index contributed by atoms with van der Waals surface area (Å²) >= 11 is 1.89. The van der Waals surface area contributed by atoms with E-state index >= 15 is 0 Å². The zero-order valence-corrected chi connectivity index (χ0v) is 8.13. The molecule has 0 atom stereocenters. The molecule has 2 N–H and O–H groups in total. The number of nitrogens with one attached hydrogen (secondary N) is 2. The van der Waals surface area contributed by atoms with Gasteiger partial charge in [-0.2, -0.15) is 0 Å². The molecule has 0 fully saturated rings. The molecule has 0 unspecified atom stereocenters. The Labute approximate surface area is 77.0 Å². The lowest BCUT2D eigenvalue weighted by molar-refractivity contribution is 0.647. The zero-order valence-electron chi connectivity index (χ0n) is 7.31. The molecule has 2 rings (SSSR count). The molecule has 1 aromatic heterocycles. The Morgan fingerprint density at radius 3 is 3.42 bits per heavy atom. The van der Waals surface area contributed by atoms with Crippen LogP contribution in [0.2, 0.25) is 0 Å². The minimum atomic E-state index is 1.02. The maximum atomic E-state index is 3.39. The number of fused-ring (bicyclic) bond motifs is 1. The molecule has 0 spiro atoms. The summed E-state index contributed by atoms with van der Waals surface area (Å²) in [4.78, 5) is 1.53. The highest BCUT2D eigenvalue weighted by atomic mass is 32.1. The number of hydrogen-bond acceptors (Lipinski definition) is 3. The van der Waals surface area contributed by atoms with Crippen LogP contribution in [0.5, 0.6) is 0 Å². The third kappa shape index (κ3) is 1.40. The van der Waals surface area contributed by atoms with Crippen molar-refractivity contribution in [2.45, 2.75) is 19.5 Å². The summed E-state index contributed by atoms with van der Waals surface area (Å²) in [5.74, 6) is 0. The van der Waals surface area contributed by atoms with Gasteiger partial charge in [0.2, 0.25) is 0 Å². The van der Waals surface area contributed by atoms with Crippen LogP contribution in [0, 0.1) is 0 Å². The van der Waals surface area contributed by atoms with Crippen molar-refractivity contribution in [3.63, 3.8) is 0 Å². The fourth-order valence-electron chi connectivity index (χ4n) is 1.67. The molecule has 0 saturated heterocycles. The minimum Gasteiger partial charge on any atom is -0.316 e. The molecule has 12 heavy (non-hydrogen) atoms. The predicted molar refractivity (Wildman–Crippen MR) is 52.5 cm³/mol. The minimum absolute atomic E-state index is 1.02. The van der Waals surface area contributed by atoms with Crippen molar-refractivity contribution in [1.82, 2.24) is 10.6 Å². The molecular weight excluding hydrogens is 168 g/mol. The molecule has 0 amide bonds. The fraction of sp³-hybridized carbons (Fsp3) is 0.556. The van der Waals surface area contributed by atoms with Crippen LogP contribution in [-0.2, 0) is 19.5 Å². The van der Waals surface area contributed by atoms with Gasteiger partial charge in [0, 0.05) is 18.0 Å². The summed E-state index contributed by atoms with van der Waals surface area (Å²) in [6.07, 6.45) is 1.20. The Morgan fingerprint density at radius 1 is 1.67 bits per heavy atom. The lowest BCUT2D eigenvalue weighted by atomic mass is 10.1. The summed E-state index contributed by atoms with van der Waals surface area (Å²) in [5, 5.41) is 8.88. The van der Waals surface area contributed by atoms with Crippen LogP contribution in [-0.4, -0.2) is 13.6 Å². The van der Waals surface area contributed by atoms with E-state index in [1.54, 1.807) is 5.56 Å². The molecule has 2 heterocycles. The van der Waals surface area contributed by atoms with Gasteiger partial charge < -0.3 is 10.6 Å². The maximum Gasteiger partial charge on any atom is 0.0302 e. The van der Waals surface area contributed by atoms with Gasteiger partial charge in [-0.05, 0) is 36.5 Å². The van der Waals surface area contributed by atoms with Crippen molar-refractivity contribution in [2.24, 2.45) is 0 Å². The first-order chi connectivity index (χ1) is 5.92. The third-order valence-electron chi connectivity index (χ3n) is 2.27. The van der Waals surface area contributed by atoms with E-state index in [4.69, 9.17) is 0 Å². The summed E-state index contributed by atoms with van der Waals surface area (Å²) in [7, 11) is 2.01. The van der Waals surface area contributed by atoms with Gasteiger partial charge >= 0.3 is 0 Å². The standard InChI is InChI=1S/C9H14N2S/c1-10-4-7-6-12-9-5-11-3-2-8(7)9/h6,10-11H,2-5H2,1H3. The van der Waals surface area contributed by atoms with E-state index in [1.165, 1.54) is 16.9 Å². The lowest BCUT2D eigenvalue weighted by Crippen LogP contribution is -2.23. The van der Waals surface area contributed by atoms with Crippen LogP contribution in [0.25, 0.3) is 0 Å². The highest BCUT2D eigenvalue weighted by Crippen LogP contribution is 2.25. The second-order valence-corrected chi connectivity index (χ2v) is 4.08. The highest BCUT2D eigenvalue weighted by Gasteiger charge is 2.13. The van der Waals surface area contributed by atoms with E-state index in [0.29, 0.717) is 0 Å². The average molecular weight is 182 g/mol. The van der Waals surface area contributed by atoms with Gasteiger partial charge in [0.15, 0.2) is 0 Å². The van der Waals surface area contributed by atoms with E-state index < -0.39 is 0 Å². The Hall–Kier alpha value is -0.380. The van der Waals surface area contributed by atoms with Crippen LogP contribution in [0.4, 0.5) is 0 Å². The van der Waals surface area contributed by atoms with Crippen molar-refractivity contribution in [3.8, 4) is 0 Å². The smallest absolute Gasteiger partial charge is 0.0302 e. The van der Waals surface area contributed by atoms with Crippen LogP contribution in [0.3, 0.4) is 0 Å². The van der Waals surface area contributed by atoms with Crippen molar-refractivity contribution in [2.75, 3.05) is 13.6 Å². The van der Waals surface area contributed by atoms with Crippen LogP contribution >= 0.6 is 11.3 Å². The van der Waals surface area contributed by atoms with Crippen molar-refractivity contribution >= 4 is 11.3 Å². The monoisotopic (exact) mass is 182 g/mol. The van der Waals surface area contributed by atoms with Crippen LogP contribution < -0.4 is 10.6 Å². The topological polar surface area (TPSA) is 24.1 Å². The molecule has 0 radical (unpaired) electrons. The molecule has 0 aromatic carbocycles. The fourth-order valence-corrected chi connectivity index (χ4v) is 2.74. The quantitative estimate of drug-likeness (QED) is 0.716. The van der Waals surface area contributed by atoms with Gasteiger partial charge in [0.1, 0.15) is 0 Å². The normalized spacial score (nSPS) is 16.1. The summed E-state index contributed by atoms with van der Waals surface area (Å²) in [6, 6.07) is 0. The number of thiophene rings is 1. The van der Waals surface area contributed by atoms with Crippen molar-refractivity contribution in [3.05, 3.63) is 21.4 Å². The predicted octanol–water partition coefficient (Wildman–Crippen LogP) is 1.11. The highest BCUT2D eigenvalue weighted by molar-refractivity contribution is 7.10. The lowest BCUT2D eigenvalue weighted by Gasteiger charge is -2.13. The Kier molecular flexibility index (Phi) is 2.44. The Balaban J connectivity index is 2.25. The summed E-state index contributed by atoms with van der Waals surface area (Å²) in [5.41, 5.74) is 3.09. The second-order valence-electron chi connectivity index (χ2n) is 3.12. The van der Waals surface area contributed by atoms with E-state index in [-0.39, 0.29) is 0 Å². The summed E-state index contributed by atoms with van der Waals surface area (Å²) in [6.45, 7) is 3.23. The first-order valence-electron chi connectivity index (χ1n) is 4.35. The van der Waals surface area contributed by atoms with Crippen molar-refractivity contribution in [1.29, 1.82) is 0 Å². The van der Waals surface area contributed by atoms with Gasteiger partial charge in [-0.1, -0.05) is 0 Å². The zero-order chi connectivity index (χ0) is 8.39. The van der Waals surface area contributed by atoms with Gasteiger partial charge in [0.25, 0.3) is 0 Å². The molecule has 3 heteroatoms. The molecular formula is C9H14N2S. The first-order valence-corrected chi connectivity index (χ1v) is 5.23. The maximum absolute atomic E-state index is 3.39. The molecule has 1 aliphatic heterocycles. The van der Waals surface area contributed by atoms with Gasteiger partial charge in [-0.15, -0.1) is 11.3 Å². The average Bonchev–Trinajstić information content (AvgIpc) is 2.50. The third-order valence-corrected chi connectivity index (χ3v) is 3.35. The SMILES string of the molecule is CNCc1csc2c1CCNC2. The molecule has 0 saturated carbocycles. The molecule has 1 aliphatic rings. The Bertz CT molecular complexity index is 267. The van der Waals surface area contributed by atoms with Crippen molar-refractivity contribution < 1.29 is 0 Å². The molecule has 2 nitrogen and oxygen atoms in total. The van der Waals surface area contributed by atoms with E-state index in [2.05, 4.69) is 16.0 Å². The Morgan fingerprint density at radius 2 is 2.58 bits per heavy atom. The van der Waals surface area contributed by atoms with Gasteiger partial charge in [0.05, 0.1) is 0 Å². The van der Waals surface area contributed by atoms with Gasteiger partial charge in [-0.25, -0.2) is 0 Å². The number of hydrogen-bond donors (Lipinski definition) is 2.